The van der Waals surface area contributed by atoms with Gasteiger partial charge in [0.05, 0.1) is 4.92 Å². The van der Waals surface area contributed by atoms with Gasteiger partial charge < -0.3 is 10.6 Å². The first-order chi connectivity index (χ1) is 14.1. The highest BCUT2D eigenvalue weighted by molar-refractivity contribution is 14.0. The molecule has 1 heterocycles. The molecule has 0 aliphatic carbocycles. The Labute approximate surface area is 195 Å². The number of benzene rings is 2. The lowest BCUT2D eigenvalue weighted by molar-refractivity contribution is -0.384. The van der Waals surface area contributed by atoms with E-state index in [4.69, 9.17) is 0 Å². The van der Waals surface area contributed by atoms with E-state index in [1.54, 1.807) is 19.2 Å². The summed E-state index contributed by atoms with van der Waals surface area (Å²) in [4.78, 5) is 17.1. The lowest BCUT2D eigenvalue weighted by Crippen LogP contribution is -2.36. The van der Waals surface area contributed by atoms with Crippen molar-refractivity contribution in [1.29, 1.82) is 0 Å². The molecule has 1 aliphatic rings. The summed E-state index contributed by atoms with van der Waals surface area (Å²) < 4.78 is 0. The van der Waals surface area contributed by atoms with Crippen LogP contribution in [0.15, 0.2) is 53.5 Å². The van der Waals surface area contributed by atoms with Crippen molar-refractivity contribution < 1.29 is 4.92 Å². The van der Waals surface area contributed by atoms with Crippen LogP contribution in [0.4, 0.5) is 5.69 Å². The molecule has 0 atom stereocenters. The number of halogens is 1. The van der Waals surface area contributed by atoms with Gasteiger partial charge >= 0.3 is 0 Å². The first-order valence-corrected chi connectivity index (χ1v) is 10.1. The van der Waals surface area contributed by atoms with E-state index < -0.39 is 4.92 Å². The summed E-state index contributed by atoms with van der Waals surface area (Å²) in [7, 11) is 1.73. The minimum absolute atomic E-state index is 0. The largest absolute Gasteiger partial charge is 0.352 e. The normalized spacial score (nSPS) is 14.6. The van der Waals surface area contributed by atoms with E-state index in [9.17, 15) is 10.1 Å². The highest BCUT2D eigenvalue weighted by Gasteiger charge is 2.10. The van der Waals surface area contributed by atoms with Gasteiger partial charge in [-0.15, -0.1) is 24.0 Å². The number of piperidine rings is 1. The van der Waals surface area contributed by atoms with Gasteiger partial charge in [-0.3, -0.25) is 20.0 Å². The van der Waals surface area contributed by atoms with Gasteiger partial charge in [-0.05, 0) is 42.6 Å². The Morgan fingerprint density at radius 1 is 0.933 bits per heavy atom. The molecule has 0 unspecified atom stereocenters. The zero-order valence-corrected chi connectivity index (χ0v) is 19.7. The monoisotopic (exact) mass is 523 g/mol. The maximum absolute atomic E-state index is 10.7. The number of nitrogens with zero attached hydrogens (tertiary/aromatic N) is 3. The fraction of sp³-hybridized carbons (Fsp3) is 0.409. The van der Waals surface area contributed by atoms with Crippen LogP contribution >= 0.6 is 24.0 Å². The molecule has 1 saturated heterocycles. The van der Waals surface area contributed by atoms with Crippen molar-refractivity contribution in [1.82, 2.24) is 15.5 Å². The molecule has 30 heavy (non-hydrogen) atoms. The van der Waals surface area contributed by atoms with Crippen LogP contribution in [-0.2, 0) is 19.6 Å². The number of hydrogen-bond acceptors (Lipinski definition) is 4. The van der Waals surface area contributed by atoms with Crippen LogP contribution < -0.4 is 10.6 Å². The van der Waals surface area contributed by atoms with Gasteiger partial charge in [-0.25, -0.2) is 0 Å². The minimum atomic E-state index is -0.393. The Bertz CT molecular complexity index is 818. The highest BCUT2D eigenvalue weighted by atomic mass is 127. The van der Waals surface area contributed by atoms with Gasteiger partial charge in [0.25, 0.3) is 5.69 Å². The van der Waals surface area contributed by atoms with E-state index >= 15 is 0 Å². The number of nitro benzene ring substituents is 1. The van der Waals surface area contributed by atoms with Crippen molar-refractivity contribution in [2.45, 2.75) is 38.9 Å². The molecule has 1 fully saturated rings. The van der Waals surface area contributed by atoms with Crippen LogP contribution in [-0.4, -0.2) is 35.9 Å². The van der Waals surface area contributed by atoms with Crippen LogP contribution in [0.2, 0.25) is 0 Å². The molecule has 162 valence electrons. The van der Waals surface area contributed by atoms with Gasteiger partial charge in [0.15, 0.2) is 5.96 Å². The van der Waals surface area contributed by atoms with Gasteiger partial charge in [0.1, 0.15) is 0 Å². The number of rotatable bonds is 7. The van der Waals surface area contributed by atoms with Gasteiger partial charge in [0, 0.05) is 38.8 Å². The maximum atomic E-state index is 10.7. The Balaban J connectivity index is 0.00000320. The summed E-state index contributed by atoms with van der Waals surface area (Å²) in [6.07, 6.45) is 3.99. The van der Waals surface area contributed by atoms with Crippen LogP contribution in [0.25, 0.3) is 0 Å². The van der Waals surface area contributed by atoms with E-state index in [1.165, 1.54) is 55.6 Å². The van der Waals surface area contributed by atoms with E-state index in [0.29, 0.717) is 19.0 Å². The summed E-state index contributed by atoms with van der Waals surface area (Å²) in [6, 6.07) is 15.3. The topological polar surface area (TPSA) is 82.8 Å². The van der Waals surface area contributed by atoms with Crippen molar-refractivity contribution >= 4 is 35.6 Å². The molecule has 0 aromatic heterocycles. The zero-order chi connectivity index (χ0) is 20.5. The van der Waals surface area contributed by atoms with Gasteiger partial charge in [0.2, 0.25) is 0 Å². The second kappa shape index (κ2) is 12.5. The van der Waals surface area contributed by atoms with Crippen molar-refractivity contribution in [3.63, 3.8) is 0 Å². The molecule has 0 spiro atoms. The molecule has 0 amide bonds. The van der Waals surface area contributed by atoms with Crippen LogP contribution in [0.3, 0.4) is 0 Å². The molecule has 3 rings (SSSR count). The molecule has 1 aliphatic heterocycles. The first kappa shape index (κ1) is 24.1. The number of likely N-dealkylation sites (tertiary alicyclic amines) is 1. The smallest absolute Gasteiger partial charge is 0.269 e. The summed E-state index contributed by atoms with van der Waals surface area (Å²) in [5.74, 6) is 0.695. The molecule has 2 aromatic rings. The van der Waals surface area contributed by atoms with Crippen LogP contribution in [0, 0.1) is 10.1 Å². The summed E-state index contributed by atoms with van der Waals surface area (Å²) in [6.45, 7) is 4.68. The van der Waals surface area contributed by atoms with Crippen molar-refractivity contribution in [3.05, 3.63) is 75.3 Å². The van der Waals surface area contributed by atoms with E-state index in [1.807, 2.05) is 0 Å². The Hall–Kier alpha value is -2.20. The molecule has 8 heteroatoms. The highest BCUT2D eigenvalue weighted by Crippen LogP contribution is 2.14. The number of nitro groups is 1. The molecule has 2 aromatic carbocycles. The number of hydrogen-bond donors (Lipinski definition) is 2. The predicted octanol–water partition coefficient (Wildman–Crippen LogP) is 4.06. The van der Waals surface area contributed by atoms with Crippen LogP contribution in [0.1, 0.15) is 36.0 Å². The van der Waals surface area contributed by atoms with Crippen molar-refractivity contribution in [3.8, 4) is 0 Å². The van der Waals surface area contributed by atoms with Crippen molar-refractivity contribution in [2.24, 2.45) is 4.99 Å². The molecule has 0 saturated carbocycles. The number of nitrogens with one attached hydrogen (secondary N) is 2. The molecule has 0 radical (unpaired) electrons. The number of non-ortho nitro benzene ring substituents is 1. The standard InChI is InChI=1S/C22H29N5O2.HI/c1-23-22(25-16-19-9-11-21(12-10-19)27(28)29)24-15-18-5-7-20(8-6-18)17-26-13-3-2-4-14-26;/h5-12H,2-4,13-17H2,1H3,(H2,23,24,25);1H. The Kier molecular flexibility index (Phi) is 10.0. The quantitative estimate of drug-likeness (QED) is 0.188. The summed E-state index contributed by atoms with van der Waals surface area (Å²) in [5.41, 5.74) is 3.61. The third kappa shape index (κ3) is 7.56. The minimum Gasteiger partial charge on any atom is -0.352 e. The molecule has 0 bridgehead atoms. The van der Waals surface area contributed by atoms with Gasteiger partial charge in [-0.2, -0.15) is 0 Å². The molecule has 2 N–H and O–H groups in total. The average Bonchev–Trinajstić information content (AvgIpc) is 2.76. The van der Waals surface area contributed by atoms with E-state index in [2.05, 4.69) is 44.8 Å². The lowest BCUT2D eigenvalue weighted by atomic mass is 10.1. The predicted molar refractivity (Wildman–Crippen MR) is 131 cm³/mol. The van der Waals surface area contributed by atoms with E-state index in [0.717, 1.165) is 12.1 Å². The first-order valence-electron chi connectivity index (χ1n) is 10.1. The second-order valence-corrected chi connectivity index (χ2v) is 7.36. The lowest BCUT2D eigenvalue weighted by Gasteiger charge is -2.26. The Morgan fingerprint density at radius 3 is 1.93 bits per heavy atom. The second-order valence-electron chi connectivity index (χ2n) is 7.36. The van der Waals surface area contributed by atoms with Crippen molar-refractivity contribution in [2.75, 3.05) is 20.1 Å². The molecule has 7 nitrogen and oxygen atoms in total. The summed E-state index contributed by atoms with van der Waals surface area (Å²) in [5, 5.41) is 17.3. The third-order valence-electron chi connectivity index (χ3n) is 5.17. The SMILES string of the molecule is CN=C(NCc1ccc(CN2CCCCC2)cc1)NCc1ccc([N+](=O)[O-])cc1.I. The number of aliphatic imine (C=N–C) groups is 1. The fourth-order valence-corrected chi connectivity index (χ4v) is 3.47. The van der Waals surface area contributed by atoms with Crippen LogP contribution in [0.5, 0.6) is 0 Å². The van der Waals surface area contributed by atoms with E-state index in [-0.39, 0.29) is 29.7 Å². The third-order valence-corrected chi connectivity index (χ3v) is 5.17. The fourth-order valence-electron chi connectivity index (χ4n) is 3.47. The maximum Gasteiger partial charge on any atom is 0.269 e. The van der Waals surface area contributed by atoms with Gasteiger partial charge in [-0.1, -0.05) is 42.8 Å². The summed E-state index contributed by atoms with van der Waals surface area (Å²) >= 11 is 0. The Morgan fingerprint density at radius 2 is 1.43 bits per heavy atom. The zero-order valence-electron chi connectivity index (χ0n) is 17.3. The number of guanidine groups is 1. The molecular formula is C22H30IN5O2. The molecular weight excluding hydrogens is 493 g/mol. The average molecular weight is 523 g/mol.